The lowest BCUT2D eigenvalue weighted by atomic mass is 9.82. The molecule has 0 aromatic carbocycles. The van der Waals surface area contributed by atoms with E-state index in [0.717, 1.165) is 52.3 Å². The van der Waals surface area contributed by atoms with Crippen LogP contribution in [0, 0.1) is 11.6 Å². The first kappa shape index (κ1) is 39.4. The lowest BCUT2D eigenvalue weighted by Gasteiger charge is -2.17. The van der Waals surface area contributed by atoms with Gasteiger partial charge in [0, 0.05) is 41.9 Å². The molecule has 8 aromatic rings. The van der Waals surface area contributed by atoms with Crippen LogP contribution in [0.5, 0.6) is 0 Å². The van der Waals surface area contributed by atoms with Crippen molar-refractivity contribution in [3.63, 3.8) is 0 Å². The molecule has 2 fully saturated rings. The molecule has 2 amide bonds. The summed E-state index contributed by atoms with van der Waals surface area (Å²) in [4.78, 5) is 40.6. The Kier molecular flexibility index (Phi) is 9.71. The molecule has 0 saturated heterocycles. The Morgan fingerprint density at radius 2 is 1.21 bits per heavy atom. The van der Waals surface area contributed by atoms with E-state index in [4.69, 9.17) is 31.5 Å². The predicted molar refractivity (Wildman–Crippen MR) is 222 cm³/mol. The van der Waals surface area contributed by atoms with Crippen LogP contribution in [0.25, 0.3) is 45.3 Å². The van der Waals surface area contributed by atoms with Gasteiger partial charge in [-0.15, -0.1) is 20.4 Å². The van der Waals surface area contributed by atoms with Crippen molar-refractivity contribution in [2.75, 3.05) is 0 Å². The molecule has 18 nitrogen and oxygen atoms in total. The summed E-state index contributed by atoms with van der Waals surface area (Å²) >= 11 is 3.63. The van der Waals surface area contributed by atoms with Gasteiger partial charge in [0.15, 0.2) is 11.3 Å². The molecule has 2 saturated carbocycles. The van der Waals surface area contributed by atoms with E-state index in [1.54, 1.807) is 28.8 Å². The lowest BCUT2D eigenvalue weighted by molar-refractivity contribution is 0.0981. The third-order valence-electron chi connectivity index (χ3n) is 11.9. The highest BCUT2D eigenvalue weighted by Crippen LogP contribution is 2.53. The number of nitrogens with zero attached hydrogens (tertiary/aromatic N) is 12. The van der Waals surface area contributed by atoms with Crippen molar-refractivity contribution in [2.45, 2.75) is 62.4 Å². The highest BCUT2D eigenvalue weighted by atomic mass is 79.9. The third kappa shape index (κ3) is 6.70. The number of halogens is 3. The van der Waals surface area contributed by atoms with E-state index < -0.39 is 18.9 Å². The Balaban J connectivity index is 0.000000119. The van der Waals surface area contributed by atoms with Gasteiger partial charge in [-0.1, -0.05) is 6.07 Å². The van der Waals surface area contributed by atoms with Crippen LogP contribution in [0.2, 0.25) is 0 Å². The van der Waals surface area contributed by atoms with Crippen LogP contribution < -0.4 is 16.9 Å². The molecular weight excluding hydrogens is 869 g/mol. The number of nitrogens with two attached hydrogens (primary N) is 2. The summed E-state index contributed by atoms with van der Waals surface area (Å²) in [5.74, 6) is 1.20. The van der Waals surface area contributed by atoms with Crippen molar-refractivity contribution in [1.29, 1.82) is 0 Å². The summed E-state index contributed by atoms with van der Waals surface area (Å²) in [7, 11) is -1.61. The molecule has 312 valence electrons. The van der Waals surface area contributed by atoms with Crippen molar-refractivity contribution in [2.24, 2.45) is 11.5 Å². The fraction of sp³-hybridized carbons (Fsp3) is 0.250. The summed E-state index contributed by atoms with van der Waals surface area (Å²) in [5, 5.41) is 33.0. The number of hydrogen-bond acceptors (Lipinski definition) is 12. The van der Waals surface area contributed by atoms with Gasteiger partial charge in [-0.3, -0.25) is 28.4 Å². The standard InChI is InChI=1S/C20H16FN7O.C13H11BrFN3.C7H7BN4O3/c21-12-3-5-14(23-8-12)16-17(28-13-4-1-10(7-13)19(28)24-16)11-2-6-15-25-26-20(18(22)29)27(15)9-11;14-12-11(10-4-2-8(15)6-16-10)17-13-7-1-3-9(5-7)18(12)13;9-6(13)7-11-10-5-2-1-4(8(14)15)3-12(5)7/h2-3,5-6,8-10,13H,1,4,7H2,(H2,22,29);2,4,6-7,9H,1,3,5H2;1-3,14-15H,(H2,9,13). The van der Waals surface area contributed by atoms with Gasteiger partial charge in [0.05, 0.1) is 29.5 Å². The van der Waals surface area contributed by atoms with Crippen molar-refractivity contribution in [3.05, 3.63) is 113 Å². The number of primary amides is 2. The molecule has 6 N–H and O–H groups in total. The maximum atomic E-state index is 13.4. The van der Waals surface area contributed by atoms with Crippen LogP contribution in [-0.2, 0) is 0 Å². The highest BCUT2D eigenvalue weighted by Gasteiger charge is 2.42. The minimum absolute atomic E-state index is 0.0486. The van der Waals surface area contributed by atoms with Crippen LogP contribution in [-0.4, -0.2) is 87.2 Å². The maximum Gasteiger partial charge on any atom is 0.489 e. The second-order valence-corrected chi connectivity index (χ2v) is 16.3. The fourth-order valence-electron chi connectivity index (χ4n) is 9.10. The molecule has 12 rings (SSSR count). The normalized spacial score (nSPS) is 18.9. The topological polar surface area (TPSA) is 248 Å². The SMILES string of the molecule is Fc1ccc(-c2nc3n(c2Br)C2CCC3C2)nc1.NC(=O)c1nnc2ccc(-c3c(-c4ccc(F)cn4)nc4n3C3CCC4C3)cn12.NC(=O)c1nnc2ccc(B(O)O)cn12. The third-order valence-corrected chi connectivity index (χ3v) is 12.6. The second kappa shape index (κ2) is 15.3. The summed E-state index contributed by atoms with van der Waals surface area (Å²) < 4.78 is 34.8. The monoisotopic (exact) mass is 902 g/mol. The van der Waals surface area contributed by atoms with Gasteiger partial charge < -0.3 is 30.6 Å². The van der Waals surface area contributed by atoms with E-state index in [1.807, 2.05) is 6.07 Å². The highest BCUT2D eigenvalue weighted by molar-refractivity contribution is 9.10. The Bertz CT molecular complexity index is 3060. The minimum atomic E-state index is -1.61. The number of pyridine rings is 4. The summed E-state index contributed by atoms with van der Waals surface area (Å²) in [5.41, 5.74) is 16.3. The number of carbonyl (C=O) groups excluding carboxylic acids is 2. The number of rotatable bonds is 6. The molecule has 62 heavy (non-hydrogen) atoms. The molecular formula is C40H34BBrF2N14O4. The number of carbonyl (C=O) groups is 2. The van der Waals surface area contributed by atoms with E-state index in [9.17, 15) is 18.4 Å². The van der Waals surface area contributed by atoms with Gasteiger partial charge in [-0.05, 0) is 102 Å². The molecule has 4 atom stereocenters. The predicted octanol–water partition coefficient (Wildman–Crippen LogP) is 3.89. The Hall–Kier alpha value is -6.78. The Morgan fingerprint density at radius 3 is 1.76 bits per heavy atom. The molecule has 0 radical (unpaired) electrons. The number of hydrogen-bond donors (Lipinski definition) is 4. The average molecular weight is 904 g/mol. The van der Waals surface area contributed by atoms with E-state index in [0.29, 0.717) is 46.6 Å². The number of aromatic nitrogens is 12. The van der Waals surface area contributed by atoms with Gasteiger partial charge in [-0.2, -0.15) is 0 Å². The summed E-state index contributed by atoms with van der Waals surface area (Å²) in [6.07, 6.45) is 12.6. The summed E-state index contributed by atoms with van der Waals surface area (Å²) in [6, 6.07) is 13.8. The number of amides is 2. The van der Waals surface area contributed by atoms with Crippen LogP contribution in [0.3, 0.4) is 0 Å². The largest absolute Gasteiger partial charge is 0.489 e. The van der Waals surface area contributed by atoms with E-state index in [-0.39, 0.29) is 28.7 Å². The van der Waals surface area contributed by atoms with E-state index in [1.165, 1.54) is 72.3 Å². The Morgan fingerprint density at radius 1 is 0.677 bits per heavy atom. The molecule has 4 aliphatic rings. The number of fused-ring (bicyclic) bond motifs is 12. The van der Waals surface area contributed by atoms with Gasteiger partial charge in [0.25, 0.3) is 11.8 Å². The second-order valence-electron chi connectivity index (χ2n) is 15.6. The van der Waals surface area contributed by atoms with Crippen LogP contribution >= 0.6 is 15.9 Å². The van der Waals surface area contributed by atoms with Crippen LogP contribution in [0.1, 0.15) is 95.3 Å². The van der Waals surface area contributed by atoms with Gasteiger partial charge in [0.2, 0.25) is 11.6 Å². The molecule has 22 heteroatoms. The zero-order chi connectivity index (χ0) is 43.0. The molecule has 0 spiro atoms. The first-order valence-electron chi connectivity index (χ1n) is 19.7. The van der Waals surface area contributed by atoms with E-state index >= 15 is 0 Å². The Labute approximate surface area is 358 Å². The zero-order valence-corrected chi connectivity index (χ0v) is 34.0. The number of imidazole rings is 2. The first-order valence-corrected chi connectivity index (χ1v) is 20.5. The quantitative estimate of drug-likeness (QED) is 0.174. The molecule has 4 unspecified atom stereocenters. The van der Waals surface area contributed by atoms with Crippen LogP contribution in [0.15, 0.2) is 77.9 Å². The molecule has 2 aliphatic heterocycles. The van der Waals surface area contributed by atoms with Crippen LogP contribution in [0.4, 0.5) is 8.78 Å². The molecule has 8 aromatic heterocycles. The molecule has 10 heterocycles. The summed E-state index contributed by atoms with van der Waals surface area (Å²) in [6.45, 7) is 0. The minimum Gasteiger partial charge on any atom is -0.423 e. The molecule has 4 bridgehead atoms. The maximum absolute atomic E-state index is 13.4. The van der Waals surface area contributed by atoms with Gasteiger partial charge in [0.1, 0.15) is 39.3 Å². The lowest BCUT2D eigenvalue weighted by Crippen LogP contribution is -2.31. The van der Waals surface area contributed by atoms with Crippen molar-refractivity contribution in [3.8, 4) is 34.0 Å². The van der Waals surface area contributed by atoms with E-state index in [2.05, 4.69) is 55.4 Å². The van der Waals surface area contributed by atoms with Gasteiger partial charge >= 0.3 is 7.12 Å². The van der Waals surface area contributed by atoms with Crippen molar-refractivity contribution < 1.29 is 28.4 Å². The molecule has 2 aliphatic carbocycles. The van der Waals surface area contributed by atoms with Crippen molar-refractivity contribution >= 4 is 51.6 Å². The average Bonchev–Trinajstić information content (AvgIpc) is 4.13. The fourth-order valence-corrected chi connectivity index (χ4v) is 9.86. The van der Waals surface area contributed by atoms with Gasteiger partial charge in [-0.25, -0.2) is 18.7 Å². The van der Waals surface area contributed by atoms with Crippen molar-refractivity contribution in [1.82, 2.24) is 58.3 Å². The zero-order valence-electron chi connectivity index (χ0n) is 32.4. The smallest absolute Gasteiger partial charge is 0.423 e. The first-order chi connectivity index (χ1) is 29.9.